The molecule has 0 amide bonds. The average molecular weight is 223 g/mol. The lowest BCUT2D eigenvalue weighted by atomic mass is 10.0. The highest BCUT2D eigenvalue weighted by Crippen LogP contribution is 2.34. The van der Waals surface area contributed by atoms with E-state index in [1.165, 1.54) is 0 Å². The van der Waals surface area contributed by atoms with Gasteiger partial charge in [0.25, 0.3) is 0 Å². The van der Waals surface area contributed by atoms with Crippen LogP contribution in [-0.2, 0) is 0 Å². The Morgan fingerprint density at radius 2 is 2.07 bits per heavy atom. The normalized spacial score (nSPS) is 15.4. The molecule has 0 N–H and O–H groups in total. The molecule has 0 aliphatic carbocycles. The van der Waals surface area contributed by atoms with Crippen LogP contribution in [0.5, 0.6) is 0 Å². The zero-order valence-electron chi connectivity index (χ0n) is 9.03. The van der Waals surface area contributed by atoms with Crippen LogP contribution in [0.15, 0.2) is 34.7 Å². The van der Waals surface area contributed by atoms with Crippen molar-refractivity contribution in [1.82, 2.24) is 0 Å². The van der Waals surface area contributed by atoms with Crippen LogP contribution in [-0.4, -0.2) is 0 Å². The molecule has 0 radical (unpaired) electrons. The van der Waals surface area contributed by atoms with Gasteiger partial charge in [0, 0.05) is 5.39 Å². The third-order valence-corrected chi connectivity index (χ3v) is 3.51. The Labute approximate surface area is 95.0 Å². The summed E-state index contributed by atoms with van der Waals surface area (Å²) in [5, 5.41) is 1.10. The molecule has 0 aliphatic heterocycles. The Kier molecular flexibility index (Phi) is 3.01. The zero-order valence-corrected chi connectivity index (χ0v) is 9.79. The van der Waals surface area contributed by atoms with Gasteiger partial charge < -0.3 is 4.42 Å². The number of halogens is 1. The van der Waals surface area contributed by atoms with Gasteiger partial charge in [-0.1, -0.05) is 38.5 Å². The third-order valence-electron chi connectivity index (χ3n) is 2.86. The van der Waals surface area contributed by atoms with Crippen LogP contribution in [0.25, 0.3) is 11.0 Å². The molecule has 0 saturated heterocycles. The van der Waals surface area contributed by atoms with Crippen LogP contribution in [0.3, 0.4) is 0 Å². The lowest BCUT2D eigenvalue weighted by Gasteiger charge is -2.12. The minimum atomic E-state index is -0.0256. The molecule has 1 nitrogen and oxygen atoms in total. The molecule has 1 heterocycles. The van der Waals surface area contributed by atoms with E-state index in [-0.39, 0.29) is 5.38 Å². The van der Waals surface area contributed by atoms with Gasteiger partial charge in [0.2, 0.25) is 0 Å². The molecule has 2 aromatic rings. The van der Waals surface area contributed by atoms with E-state index >= 15 is 0 Å². The lowest BCUT2D eigenvalue weighted by molar-refractivity contribution is 0.456. The fourth-order valence-corrected chi connectivity index (χ4v) is 1.91. The maximum absolute atomic E-state index is 6.33. The van der Waals surface area contributed by atoms with Crippen LogP contribution >= 0.6 is 11.6 Å². The second-order valence-corrected chi connectivity index (χ2v) is 4.44. The lowest BCUT2D eigenvalue weighted by Crippen LogP contribution is -2.00. The Bertz CT molecular complexity index is 413. The fourth-order valence-electron chi connectivity index (χ4n) is 1.63. The summed E-state index contributed by atoms with van der Waals surface area (Å²) in [6, 6.07) is 10.0. The molecule has 0 bridgehead atoms. The summed E-state index contributed by atoms with van der Waals surface area (Å²) in [7, 11) is 0. The Morgan fingerprint density at radius 3 is 2.73 bits per heavy atom. The minimum absolute atomic E-state index is 0.0256. The Morgan fingerprint density at radius 1 is 1.33 bits per heavy atom. The van der Waals surface area contributed by atoms with Crippen molar-refractivity contribution >= 4 is 22.6 Å². The number of rotatable bonds is 3. The first kappa shape index (κ1) is 10.6. The van der Waals surface area contributed by atoms with Crippen molar-refractivity contribution in [3.8, 4) is 0 Å². The maximum atomic E-state index is 6.33. The van der Waals surface area contributed by atoms with Crippen LogP contribution < -0.4 is 0 Å². The quantitative estimate of drug-likeness (QED) is 0.683. The molecule has 15 heavy (non-hydrogen) atoms. The summed E-state index contributed by atoms with van der Waals surface area (Å²) < 4.78 is 5.72. The van der Waals surface area contributed by atoms with Crippen molar-refractivity contribution < 1.29 is 4.42 Å². The Hall–Kier alpha value is -0.950. The number of para-hydroxylation sites is 1. The standard InChI is InChI=1S/C13H15ClO/c1-3-9(2)13(14)12-8-10-6-4-5-7-11(10)15-12/h4-9,13H,3H2,1-2H3. The van der Waals surface area contributed by atoms with Gasteiger partial charge in [0.05, 0.1) is 5.38 Å². The number of fused-ring (bicyclic) bond motifs is 1. The molecule has 2 heteroatoms. The zero-order chi connectivity index (χ0) is 10.8. The van der Waals surface area contributed by atoms with Gasteiger partial charge in [-0.2, -0.15) is 0 Å². The molecule has 0 aliphatic rings. The smallest absolute Gasteiger partial charge is 0.134 e. The van der Waals surface area contributed by atoms with Gasteiger partial charge in [-0.25, -0.2) is 0 Å². The van der Waals surface area contributed by atoms with Crippen molar-refractivity contribution in [2.75, 3.05) is 0 Å². The number of alkyl halides is 1. The topological polar surface area (TPSA) is 13.1 Å². The van der Waals surface area contributed by atoms with Crippen LogP contribution in [0, 0.1) is 5.92 Å². The van der Waals surface area contributed by atoms with Gasteiger partial charge in [-0.05, 0) is 18.1 Å². The summed E-state index contributed by atoms with van der Waals surface area (Å²) >= 11 is 6.33. The van der Waals surface area contributed by atoms with E-state index in [9.17, 15) is 0 Å². The van der Waals surface area contributed by atoms with Gasteiger partial charge in [0.1, 0.15) is 11.3 Å². The van der Waals surface area contributed by atoms with Gasteiger partial charge in [0.15, 0.2) is 0 Å². The summed E-state index contributed by atoms with van der Waals surface area (Å²) in [5.41, 5.74) is 0.918. The second-order valence-electron chi connectivity index (χ2n) is 3.97. The molecule has 2 atom stereocenters. The molecule has 0 saturated carbocycles. The number of furan rings is 1. The highest BCUT2D eigenvalue weighted by atomic mass is 35.5. The molecule has 2 unspecified atom stereocenters. The van der Waals surface area contributed by atoms with Crippen molar-refractivity contribution in [2.45, 2.75) is 25.6 Å². The van der Waals surface area contributed by atoms with Crippen molar-refractivity contribution in [3.05, 3.63) is 36.1 Å². The fraction of sp³-hybridized carbons (Fsp3) is 0.385. The van der Waals surface area contributed by atoms with Crippen molar-refractivity contribution in [3.63, 3.8) is 0 Å². The van der Waals surface area contributed by atoms with E-state index in [2.05, 4.69) is 13.8 Å². The van der Waals surface area contributed by atoms with E-state index in [1.807, 2.05) is 30.3 Å². The first-order valence-corrected chi connectivity index (χ1v) is 5.78. The molecule has 80 valence electrons. The van der Waals surface area contributed by atoms with E-state index in [4.69, 9.17) is 16.0 Å². The highest BCUT2D eigenvalue weighted by molar-refractivity contribution is 6.20. The predicted molar refractivity (Wildman–Crippen MR) is 64.3 cm³/mol. The first-order chi connectivity index (χ1) is 7.22. The number of hydrogen-bond acceptors (Lipinski definition) is 1. The molecular formula is C13H15ClO. The van der Waals surface area contributed by atoms with Crippen LogP contribution in [0.1, 0.15) is 31.4 Å². The number of benzene rings is 1. The summed E-state index contributed by atoms with van der Waals surface area (Å²) in [4.78, 5) is 0. The van der Waals surface area contributed by atoms with E-state index in [0.29, 0.717) is 5.92 Å². The predicted octanol–water partition coefficient (Wildman–Crippen LogP) is 4.76. The average Bonchev–Trinajstić information content (AvgIpc) is 2.70. The molecule has 1 aromatic carbocycles. The summed E-state index contributed by atoms with van der Waals surface area (Å²) in [6.45, 7) is 4.29. The number of hydrogen-bond donors (Lipinski definition) is 0. The van der Waals surface area contributed by atoms with E-state index in [0.717, 1.165) is 23.2 Å². The van der Waals surface area contributed by atoms with Crippen LogP contribution in [0.2, 0.25) is 0 Å². The first-order valence-electron chi connectivity index (χ1n) is 5.35. The van der Waals surface area contributed by atoms with Crippen molar-refractivity contribution in [2.24, 2.45) is 5.92 Å². The van der Waals surface area contributed by atoms with Crippen LogP contribution in [0.4, 0.5) is 0 Å². The SMILES string of the molecule is CCC(C)C(Cl)c1cc2ccccc2o1. The third kappa shape index (κ3) is 2.03. The second kappa shape index (κ2) is 4.28. The van der Waals surface area contributed by atoms with Crippen molar-refractivity contribution in [1.29, 1.82) is 0 Å². The Balaban J connectivity index is 2.36. The summed E-state index contributed by atoms with van der Waals surface area (Å²) in [6.07, 6.45) is 1.06. The van der Waals surface area contributed by atoms with E-state index in [1.54, 1.807) is 0 Å². The molecular weight excluding hydrogens is 208 g/mol. The van der Waals surface area contributed by atoms with Gasteiger partial charge in [-0.3, -0.25) is 0 Å². The molecule has 1 aromatic heterocycles. The van der Waals surface area contributed by atoms with E-state index < -0.39 is 0 Å². The van der Waals surface area contributed by atoms with Gasteiger partial charge in [-0.15, -0.1) is 11.6 Å². The largest absolute Gasteiger partial charge is 0.459 e. The molecule has 2 rings (SSSR count). The minimum Gasteiger partial charge on any atom is -0.459 e. The molecule has 0 spiro atoms. The monoisotopic (exact) mass is 222 g/mol. The maximum Gasteiger partial charge on any atom is 0.134 e. The molecule has 0 fully saturated rings. The summed E-state index contributed by atoms with van der Waals surface area (Å²) in [5.74, 6) is 1.32. The van der Waals surface area contributed by atoms with Gasteiger partial charge >= 0.3 is 0 Å². The highest BCUT2D eigenvalue weighted by Gasteiger charge is 2.18.